The lowest BCUT2D eigenvalue weighted by Crippen LogP contribution is -2.44. The molecule has 0 aliphatic carbocycles. The van der Waals surface area contributed by atoms with Crippen LogP contribution >= 0.6 is 24.0 Å². The van der Waals surface area contributed by atoms with Gasteiger partial charge in [0.05, 0.1) is 17.9 Å². The van der Waals surface area contributed by atoms with Crippen LogP contribution in [0.2, 0.25) is 5.02 Å². The van der Waals surface area contributed by atoms with E-state index in [1.807, 2.05) is 18.7 Å². The Morgan fingerprint density at radius 1 is 1.20 bits per heavy atom. The molecule has 1 atom stereocenters. The summed E-state index contributed by atoms with van der Waals surface area (Å²) in [5, 5.41) is 23.0. The van der Waals surface area contributed by atoms with Gasteiger partial charge in [-0.2, -0.15) is 13.2 Å². The third-order valence-corrected chi connectivity index (χ3v) is 6.90. The van der Waals surface area contributed by atoms with E-state index >= 15 is 0 Å². The van der Waals surface area contributed by atoms with E-state index in [2.05, 4.69) is 17.2 Å². The minimum absolute atomic E-state index is 0. The van der Waals surface area contributed by atoms with Crippen LogP contribution in [0.3, 0.4) is 0 Å². The molecular weight excluding hydrogens is 570 g/mol. The molecule has 1 unspecified atom stereocenters. The molecule has 0 saturated heterocycles. The van der Waals surface area contributed by atoms with Gasteiger partial charge in [0.2, 0.25) is 5.91 Å². The Morgan fingerprint density at radius 2 is 1.88 bits per heavy atom. The Bertz CT molecular complexity index is 1280. The van der Waals surface area contributed by atoms with Crippen LogP contribution in [-0.4, -0.2) is 66.3 Å². The highest BCUT2D eigenvalue weighted by Crippen LogP contribution is 2.51. The minimum Gasteiger partial charge on any atom is -0.395 e. The maximum Gasteiger partial charge on any atom is 0.416 e. The second kappa shape index (κ2) is 14.2. The zero-order valence-corrected chi connectivity index (χ0v) is 23.7. The number of nitrogens with one attached hydrogen (secondary N) is 1. The number of anilines is 1. The Labute approximate surface area is 242 Å². The minimum atomic E-state index is -4.92. The molecule has 1 aliphatic rings. The van der Waals surface area contributed by atoms with Gasteiger partial charge in [-0.15, -0.1) is 12.4 Å². The Hall–Kier alpha value is -2.81. The number of carbonyl (C=O) groups is 2. The van der Waals surface area contributed by atoms with Crippen LogP contribution in [0.4, 0.5) is 18.9 Å². The van der Waals surface area contributed by atoms with E-state index in [1.165, 1.54) is 29.2 Å². The molecule has 2 aromatic rings. The largest absolute Gasteiger partial charge is 0.416 e. The zero-order chi connectivity index (χ0) is 28.8. The number of hydrogen-bond donors (Lipinski definition) is 3. The average molecular weight is 602 g/mol. The zero-order valence-electron chi connectivity index (χ0n) is 22.1. The van der Waals surface area contributed by atoms with Crippen molar-refractivity contribution in [1.82, 2.24) is 10.2 Å². The lowest BCUT2D eigenvalue weighted by Gasteiger charge is -2.27. The van der Waals surface area contributed by atoms with Gasteiger partial charge >= 0.3 is 6.18 Å². The predicted molar refractivity (Wildman–Crippen MR) is 149 cm³/mol. The van der Waals surface area contributed by atoms with Gasteiger partial charge in [-0.3, -0.25) is 9.59 Å². The standard InChI is InChI=1S/C28H31ClF3N3O4.ClH/c1-3-34(4-2)14-15-35-23-18-19(9-5-8-12-24(37)33-13-16-36)17-21(28(30,31)32)25(23)27(39,26(35)38)20-10-6-7-11-22(20)29;/h6-7,10-11,17-18,36,39H,3-4,8,12-16H2,1-2H3,(H,33,37);1H. The van der Waals surface area contributed by atoms with Crippen LogP contribution in [0.1, 0.15) is 48.9 Å². The molecule has 40 heavy (non-hydrogen) atoms. The Balaban J connectivity index is 0.00000560. The molecule has 2 aromatic carbocycles. The summed E-state index contributed by atoms with van der Waals surface area (Å²) in [7, 11) is 0. The smallest absolute Gasteiger partial charge is 0.395 e. The summed E-state index contributed by atoms with van der Waals surface area (Å²) >= 11 is 6.30. The maximum atomic E-state index is 14.5. The number of aliphatic hydroxyl groups is 2. The van der Waals surface area contributed by atoms with Crippen LogP contribution < -0.4 is 10.2 Å². The number of amides is 2. The quantitative estimate of drug-likeness (QED) is 0.359. The van der Waals surface area contributed by atoms with Crippen molar-refractivity contribution < 1.29 is 33.0 Å². The van der Waals surface area contributed by atoms with Crippen molar-refractivity contribution in [3.63, 3.8) is 0 Å². The van der Waals surface area contributed by atoms with Crippen molar-refractivity contribution in [2.24, 2.45) is 0 Å². The van der Waals surface area contributed by atoms with Gasteiger partial charge in [0.15, 0.2) is 5.60 Å². The molecule has 0 aromatic heterocycles. The van der Waals surface area contributed by atoms with Gasteiger partial charge in [0.1, 0.15) is 0 Å². The summed E-state index contributed by atoms with van der Waals surface area (Å²) in [4.78, 5) is 28.7. The van der Waals surface area contributed by atoms with E-state index in [0.717, 1.165) is 6.07 Å². The highest BCUT2D eigenvalue weighted by Gasteiger charge is 2.56. The molecule has 0 fully saturated rings. The monoisotopic (exact) mass is 601 g/mol. The molecule has 1 aliphatic heterocycles. The molecule has 2 amide bonds. The second-order valence-corrected chi connectivity index (χ2v) is 9.37. The van der Waals surface area contributed by atoms with Crippen LogP contribution in [0.25, 0.3) is 0 Å². The summed E-state index contributed by atoms with van der Waals surface area (Å²) in [6.07, 6.45) is -4.84. The van der Waals surface area contributed by atoms with Crippen LogP contribution in [0, 0.1) is 11.8 Å². The molecule has 3 rings (SSSR count). The summed E-state index contributed by atoms with van der Waals surface area (Å²) in [6, 6.07) is 7.96. The second-order valence-electron chi connectivity index (χ2n) is 8.96. The normalized spacial score (nSPS) is 16.3. The summed E-state index contributed by atoms with van der Waals surface area (Å²) in [5.41, 5.74) is -4.66. The van der Waals surface area contributed by atoms with Gasteiger partial charge in [-0.1, -0.05) is 55.5 Å². The molecular formula is C28H32Cl2F3N3O4. The SMILES string of the molecule is CCN(CC)CCN1C(=O)C(O)(c2ccccc2Cl)c2c1cc(C#CCCC(=O)NCCO)cc2C(F)(F)F.Cl. The number of aliphatic hydroxyl groups excluding tert-OH is 1. The molecule has 0 bridgehead atoms. The lowest BCUT2D eigenvalue weighted by molar-refractivity contribution is -0.142. The predicted octanol–water partition coefficient (Wildman–Crippen LogP) is 3.95. The first-order valence-electron chi connectivity index (χ1n) is 12.6. The summed E-state index contributed by atoms with van der Waals surface area (Å²) in [5.74, 6) is 4.09. The number of hydrogen-bond acceptors (Lipinski definition) is 5. The van der Waals surface area contributed by atoms with E-state index in [0.29, 0.717) is 19.6 Å². The summed E-state index contributed by atoms with van der Waals surface area (Å²) < 4.78 is 43.4. The number of halogens is 5. The fraction of sp³-hybridized carbons (Fsp3) is 0.429. The van der Waals surface area contributed by atoms with E-state index < -0.39 is 28.8 Å². The highest BCUT2D eigenvalue weighted by atomic mass is 35.5. The number of carbonyl (C=O) groups excluding carboxylic acids is 2. The van der Waals surface area contributed by atoms with Crippen LogP contribution in [-0.2, 0) is 21.4 Å². The first-order valence-corrected chi connectivity index (χ1v) is 13.0. The topological polar surface area (TPSA) is 93.1 Å². The van der Waals surface area contributed by atoms with E-state index in [4.69, 9.17) is 16.7 Å². The Kier molecular flexibility index (Phi) is 11.9. The van der Waals surface area contributed by atoms with Crippen molar-refractivity contribution in [3.05, 3.63) is 63.7 Å². The van der Waals surface area contributed by atoms with Crippen molar-refractivity contribution in [3.8, 4) is 11.8 Å². The molecule has 0 spiro atoms. The van der Waals surface area contributed by atoms with Crippen molar-refractivity contribution in [1.29, 1.82) is 0 Å². The molecule has 12 heteroatoms. The number of nitrogens with zero attached hydrogens (tertiary/aromatic N) is 2. The number of likely N-dealkylation sites (N-methyl/N-ethyl adjacent to an activating group) is 1. The molecule has 1 heterocycles. The van der Waals surface area contributed by atoms with Crippen molar-refractivity contribution >= 4 is 41.5 Å². The lowest BCUT2D eigenvalue weighted by atomic mass is 9.83. The third kappa shape index (κ3) is 7.09. The van der Waals surface area contributed by atoms with Gasteiger partial charge in [0.25, 0.3) is 5.91 Å². The number of alkyl halides is 3. The fourth-order valence-electron chi connectivity index (χ4n) is 4.56. The first kappa shape index (κ1) is 33.4. The number of benzene rings is 2. The highest BCUT2D eigenvalue weighted by molar-refractivity contribution is 6.32. The molecule has 218 valence electrons. The fourth-order valence-corrected chi connectivity index (χ4v) is 4.83. The van der Waals surface area contributed by atoms with Gasteiger partial charge < -0.3 is 25.3 Å². The maximum absolute atomic E-state index is 14.5. The molecule has 0 radical (unpaired) electrons. The first-order chi connectivity index (χ1) is 18.5. The average Bonchev–Trinajstić information content (AvgIpc) is 3.11. The third-order valence-electron chi connectivity index (χ3n) is 6.57. The van der Waals surface area contributed by atoms with Crippen LogP contribution in [0.5, 0.6) is 0 Å². The van der Waals surface area contributed by atoms with E-state index in [-0.39, 0.29) is 72.7 Å². The van der Waals surface area contributed by atoms with Gasteiger partial charge in [-0.25, -0.2) is 0 Å². The summed E-state index contributed by atoms with van der Waals surface area (Å²) in [6.45, 7) is 5.51. The Morgan fingerprint density at radius 3 is 2.48 bits per heavy atom. The number of fused-ring (bicyclic) bond motifs is 1. The number of rotatable bonds is 10. The molecule has 3 N–H and O–H groups in total. The van der Waals surface area contributed by atoms with Gasteiger partial charge in [0, 0.05) is 54.2 Å². The van der Waals surface area contributed by atoms with Crippen molar-refractivity contribution in [2.45, 2.75) is 38.5 Å². The van der Waals surface area contributed by atoms with Gasteiger partial charge in [-0.05, 0) is 31.3 Å². The molecule has 0 saturated carbocycles. The van der Waals surface area contributed by atoms with Crippen LogP contribution in [0.15, 0.2) is 36.4 Å². The van der Waals surface area contributed by atoms with E-state index in [1.54, 1.807) is 6.07 Å². The molecule has 7 nitrogen and oxygen atoms in total. The van der Waals surface area contributed by atoms with E-state index in [9.17, 15) is 27.9 Å². The van der Waals surface area contributed by atoms with Crippen molar-refractivity contribution in [2.75, 3.05) is 44.2 Å².